The Labute approximate surface area is 150 Å². The number of unbranched alkanes of at least 4 members (excludes halogenated alkanes) is 1. The summed E-state index contributed by atoms with van der Waals surface area (Å²) in [5.74, 6) is 0.834. The summed E-state index contributed by atoms with van der Waals surface area (Å²) in [5, 5.41) is 3.38. The molecule has 0 atom stereocenters. The fourth-order valence-corrected chi connectivity index (χ4v) is 2.91. The van der Waals surface area contributed by atoms with Gasteiger partial charge in [0.05, 0.1) is 7.11 Å². The Kier molecular flexibility index (Phi) is 8.09. The number of hydrogen-bond acceptors (Lipinski definition) is 4. The third-order valence-corrected chi connectivity index (χ3v) is 4.31. The molecule has 1 N–H and O–H groups in total. The second-order valence-corrected chi connectivity index (χ2v) is 6.08. The summed E-state index contributed by atoms with van der Waals surface area (Å²) >= 11 is 0. The number of ether oxygens (including phenoxy) is 1. The number of aliphatic imine (C=N–C) groups is 1. The summed E-state index contributed by atoms with van der Waals surface area (Å²) in [5.41, 5.74) is 1.28. The average molecular weight is 346 g/mol. The molecule has 6 heteroatoms. The number of para-hydroxylation sites is 1. The first-order chi connectivity index (χ1) is 12.2. The van der Waals surface area contributed by atoms with Crippen LogP contribution in [-0.4, -0.2) is 63.2 Å². The molecular formula is C19H30N4O2. The molecule has 1 aromatic carbocycles. The number of piperazine rings is 1. The highest BCUT2D eigenvalue weighted by molar-refractivity contribution is 5.80. The van der Waals surface area contributed by atoms with E-state index in [0.29, 0.717) is 6.42 Å². The normalized spacial score (nSPS) is 15.2. The quantitative estimate of drug-likeness (QED) is 0.355. The van der Waals surface area contributed by atoms with Gasteiger partial charge in [0.25, 0.3) is 0 Å². The van der Waals surface area contributed by atoms with Crippen LogP contribution in [0.3, 0.4) is 0 Å². The summed E-state index contributed by atoms with van der Waals surface area (Å²) in [7, 11) is 1.43. The predicted molar refractivity (Wildman–Crippen MR) is 102 cm³/mol. The lowest BCUT2D eigenvalue weighted by Gasteiger charge is -2.37. The molecule has 6 nitrogen and oxygen atoms in total. The van der Waals surface area contributed by atoms with Crippen LogP contribution in [0.5, 0.6) is 0 Å². The molecule has 1 aromatic rings. The van der Waals surface area contributed by atoms with Crippen LogP contribution in [0.2, 0.25) is 0 Å². The lowest BCUT2D eigenvalue weighted by Crippen LogP contribution is -2.52. The Morgan fingerprint density at radius 1 is 1.16 bits per heavy atom. The van der Waals surface area contributed by atoms with Crippen LogP contribution < -0.4 is 10.2 Å². The Bertz CT molecular complexity index is 540. The Balaban J connectivity index is 1.80. The maximum atomic E-state index is 11.1. The van der Waals surface area contributed by atoms with Crippen molar-refractivity contribution in [2.45, 2.75) is 26.2 Å². The number of carbonyl (C=O) groups excluding carboxylic acids is 1. The smallest absolute Gasteiger partial charge is 0.305 e. The van der Waals surface area contributed by atoms with Gasteiger partial charge in [-0.15, -0.1) is 0 Å². The van der Waals surface area contributed by atoms with Crippen LogP contribution in [-0.2, 0) is 9.53 Å². The zero-order valence-corrected chi connectivity index (χ0v) is 15.4. The number of nitrogens with zero attached hydrogens (tertiary/aromatic N) is 3. The Morgan fingerprint density at radius 3 is 2.52 bits per heavy atom. The molecule has 0 saturated carbocycles. The van der Waals surface area contributed by atoms with Crippen molar-refractivity contribution in [1.29, 1.82) is 0 Å². The van der Waals surface area contributed by atoms with Crippen molar-refractivity contribution in [2.75, 3.05) is 51.3 Å². The Morgan fingerprint density at radius 2 is 1.88 bits per heavy atom. The maximum absolute atomic E-state index is 11.1. The minimum Gasteiger partial charge on any atom is -0.469 e. The summed E-state index contributed by atoms with van der Waals surface area (Å²) in [6.45, 7) is 7.60. The molecule has 0 radical (unpaired) electrons. The van der Waals surface area contributed by atoms with E-state index in [0.717, 1.165) is 58.1 Å². The number of esters is 1. The molecule has 0 aromatic heterocycles. The van der Waals surface area contributed by atoms with E-state index in [1.54, 1.807) is 0 Å². The molecule has 0 bridgehead atoms. The lowest BCUT2D eigenvalue weighted by molar-refractivity contribution is -0.140. The number of hydrogen-bond donors (Lipinski definition) is 1. The highest BCUT2D eigenvalue weighted by Crippen LogP contribution is 2.15. The molecule has 1 saturated heterocycles. The van der Waals surface area contributed by atoms with E-state index in [-0.39, 0.29) is 5.97 Å². The van der Waals surface area contributed by atoms with E-state index in [1.807, 2.05) is 0 Å². The zero-order chi connectivity index (χ0) is 17.9. The van der Waals surface area contributed by atoms with Gasteiger partial charge in [0.1, 0.15) is 0 Å². The molecule has 1 heterocycles. The number of anilines is 1. The van der Waals surface area contributed by atoms with Crippen LogP contribution >= 0.6 is 0 Å². The number of carbonyl (C=O) groups is 1. The summed E-state index contributed by atoms with van der Waals surface area (Å²) in [4.78, 5) is 20.6. The lowest BCUT2D eigenvalue weighted by atomic mass is 10.2. The predicted octanol–water partition coefficient (Wildman–Crippen LogP) is 2.12. The van der Waals surface area contributed by atoms with Gasteiger partial charge in [-0.05, 0) is 31.9 Å². The summed E-state index contributed by atoms with van der Waals surface area (Å²) in [6.07, 6.45) is 2.18. The third-order valence-electron chi connectivity index (χ3n) is 4.31. The van der Waals surface area contributed by atoms with Gasteiger partial charge in [-0.3, -0.25) is 9.79 Å². The fourth-order valence-electron chi connectivity index (χ4n) is 2.91. The minimum absolute atomic E-state index is 0.145. The molecule has 1 aliphatic rings. The maximum Gasteiger partial charge on any atom is 0.305 e. The van der Waals surface area contributed by atoms with Gasteiger partial charge in [0.15, 0.2) is 5.96 Å². The van der Waals surface area contributed by atoms with Crippen LogP contribution in [0.4, 0.5) is 5.69 Å². The number of benzene rings is 1. The average Bonchev–Trinajstić information content (AvgIpc) is 2.67. The number of guanidine groups is 1. The van der Waals surface area contributed by atoms with E-state index < -0.39 is 0 Å². The first-order valence-electron chi connectivity index (χ1n) is 9.14. The zero-order valence-electron chi connectivity index (χ0n) is 15.4. The van der Waals surface area contributed by atoms with Crippen molar-refractivity contribution in [2.24, 2.45) is 4.99 Å². The summed E-state index contributed by atoms with van der Waals surface area (Å²) < 4.78 is 4.66. The van der Waals surface area contributed by atoms with E-state index >= 15 is 0 Å². The van der Waals surface area contributed by atoms with Gasteiger partial charge in [0.2, 0.25) is 0 Å². The van der Waals surface area contributed by atoms with E-state index in [9.17, 15) is 4.79 Å². The SMILES string of the molecule is CCNC(=NCCCCC(=O)OC)N1CCN(c2ccccc2)CC1. The van der Waals surface area contributed by atoms with Crippen LogP contribution in [0.15, 0.2) is 35.3 Å². The minimum atomic E-state index is -0.145. The highest BCUT2D eigenvalue weighted by atomic mass is 16.5. The van der Waals surface area contributed by atoms with Gasteiger partial charge in [-0.2, -0.15) is 0 Å². The van der Waals surface area contributed by atoms with Crippen molar-refractivity contribution in [3.63, 3.8) is 0 Å². The van der Waals surface area contributed by atoms with Gasteiger partial charge in [0, 0.05) is 51.4 Å². The van der Waals surface area contributed by atoms with Crippen molar-refractivity contribution in [3.8, 4) is 0 Å². The molecule has 0 spiro atoms. The standard InChI is InChI=1S/C19H30N4O2/c1-3-20-19(21-12-8-7-11-18(24)25-2)23-15-13-22(14-16-23)17-9-5-4-6-10-17/h4-6,9-10H,3,7-8,11-16H2,1-2H3,(H,20,21). The Hall–Kier alpha value is -2.24. The molecule has 0 unspecified atom stereocenters. The first-order valence-corrected chi connectivity index (χ1v) is 9.14. The molecule has 1 fully saturated rings. The number of methoxy groups -OCH3 is 1. The van der Waals surface area contributed by atoms with Crippen molar-refractivity contribution in [3.05, 3.63) is 30.3 Å². The molecule has 0 amide bonds. The monoisotopic (exact) mass is 346 g/mol. The molecule has 1 aliphatic heterocycles. The number of nitrogens with one attached hydrogen (secondary N) is 1. The summed E-state index contributed by atoms with van der Waals surface area (Å²) in [6, 6.07) is 10.5. The van der Waals surface area contributed by atoms with E-state index in [1.165, 1.54) is 12.8 Å². The van der Waals surface area contributed by atoms with Gasteiger partial charge >= 0.3 is 5.97 Å². The number of rotatable bonds is 7. The van der Waals surface area contributed by atoms with Gasteiger partial charge in [-0.25, -0.2) is 0 Å². The second-order valence-electron chi connectivity index (χ2n) is 6.08. The fraction of sp³-hybridized carbons (Fsp3) is 0.579. The third kappa shape index (κ3) is 6.29. The molecule has 25 heavy (non-hydrogen) atoms. The largest absolute Gasteiger partial charge is 0.469 e. The van der Waals surface area contributed by atoms with Crippen molar-refractivity contribution >= 4 is 17.6 Å². The second kappa shape index (κ2) is 10.6. The van der Waals surface area contributed by atoms with Crippen LogP contribution in [0.25, 0.3) is 0 Å². The van der Waals surface area contributed by atoms with Gasteiger partial charge in [-0.1, -0.05) is 18.2 Å². The van der Waals surface area contributed by atoms with Crippen LogP contribution in [0.1, 0.15) is 26.2 Å². The van der Waals surface area contributed by atoms with Gasteiger partial charge < -0.3 is 19.9 Å². The first kappa shape index (κ1) is 19.1. The van der Waals surface area contributed by atoms with Crippen molar-refractivity contribution < 1.29 is 9.53 Å². The van der Waals surface area contributed by atoms with E-state index in [4.69, 9.17) is 4.99 Å². The topological polar surface area (TPSA) is 57.2 Å². The van der Waals surface area contributed by atoms with E-state index in [2.05, 4.69) is 57.1 Å². The molecule has 2 rings (SSSR count). The highest BCUT2D eigenvalue weighted by Gasteiger charge is 2.19. The molecule has 0 aliphatic carbocycles. The van der Waals surface area contributed by atoms with Crippen molar-refractivity contribution in [1.82, 2.24) is 10.2 Å². The molecule has 138 valence electrons. The van der Waals surface area contributed by atoms with Crippen LogP contribution in [0, 0.1) is 0 Å². The molecular weight excluding hydrogens is 316 g/mol.